The number of methoxy groups -OCH3 is 1. The number of nitrogens with zero attached hydrogens (tertiary/aromatic N) is 1. The van der Waals surface area contributed by atoms with Gasteiger partial charge < -0.3 is 15.0 Å². The summed E-state index contributed by atoms with van der Waals surface area (Å²) in [6, 6.07) is 13.1. The van der Waals surface area contributed by atoms with E-state index in [4.69, 9.17) is 4.74 Å². The lowest BCUT2D eigenvalue weighted by atomic mass is 10.1. The van der Waals surface area contributed by atoms with Gasteiger partial charge in [0.15, 0.2) is 0 Å². The molecule has 2 rings (SSSR count). The highest BCUT2D eigenvalue weighted by Crippen LogP contribution is 2.26. The van der Waals surface area contributed by atoms with Crippen molar-refractivity contribution in [2.45, 2.75) is 19.0 Å². The first kappa shape index (κ1) is 16.0. The molecule has 1 N–H and O–H groups in total. The Morgan fingerprint density at radius 3 is 2.57 bits per heavy atom. The monoisotopic (exact) mass is 304 g/mol. The average molecular weight is 304 g/mol. The van der Waals surface area contributed by atoms with E-state index in [1.807, 2.05) is 23.5 Å². The molecule has 21 heavy (non-hydrogen) atoms. The Labute approximate surface area is 131 Å². The first-order valence-electron chi connectivity index (χ1n) is 7.19. The molecule has 2 aromatic rings. The van der Waals surface area contributed by atoms with Gasteiger partial charge in [0.05, 0.1) is 13.2 Å². The molecule has 0 saturated carbocycles. The third kappa shape index (κ3) is 4.06. The van der Waals surface area contributed by atoms with E-state index >= 15 is 0 Å². The van der Waals surface area contributed by atoms with Gasteiger partial charge in [0, 0.05) is 23.0 Å². The average Bonchev–Trinajstić information content (AvgIpc) is 3.01. The van der Waals surface area contributed by atoms with E-state index in [1.54, 1.807) is 7.11 Å². The van der Waals surface area contributed by atoms with Crippen LogP contribution in [0.2, 0.25) is 0 Å². The molecule has 1 heterocycles. The molecule has 2 atom stereocenters. The minimum Gasteiger partial charge on any atom is -0.496 e. The van der Waals surface area contributed by atoms with Crippen LogP contribution in [0.15, 0.2) is 41.8 Å². The predicted molar refractivity (Wildman–Crippen MR) is 90.2 cm³/mol. The second kappa shape index (κ2) is 7.59. The Bertz CT molecular complexity index is 539. The number of ether oxygens (including phenoxy) is 1. The predicted octanol–water partition coefficient (Wildman–Crippen LogP) is 3.71. The summed E-state index contributed by atoms with van der Waals surface area (Å²) < 4.78 is 5.44. The molecule has 0 saturated heterocycles. The number of nitrogens with one attached hydrogen (secondary N) is 1. The highest BCUT2D eigenvalue weighted by atomic mass is 32.1. The van der Waals surface area contributed by atoms with Crippen molar-refractivity contribution in [3.63, 3.8) is 0 Å². The Balaban J connectivity index is 2.04. The number of hydrogen-bond donors (Lipinski definition) is 1. The summed E-state index contributed by atoms with van der Waals surface area (Å²) >= 11 is 1.81. The molecule has 0 aliphatic carbocycles. The van der Waals surface area contributed by atoms with Crippen LogP contribution in [0.3, 0.4) is 0 Å². The van der Waals surface area contributed by atoms with E-state index < -0.39 is 0 Å². The minimum absolute atomic E-state index is 0.253. The second-order valence-electron chi connectivity index (χ2n) is 5.37. The largest absolute Gasteiger partial charge is 0.496 e. The number of likely N-dealkylation sites (N-methyl/N-ethyl adjacent to an activating group) is 1. The molecule has 4 heteroatoms. The second-order valence-corrected chi connectivity index (χ2v) is 6.35. The number of hydrogen-bond acceptors (Lipinski definition) is 4. The molecule has 0 bridgehead atoms. The SMILES string of the molecule is COc1ccccc1C(C)NCC(c1cccs1)N(C)C. The van der Waals surface area contributed by atoms with Gasteiger partial charge in [-0.2, -0.15) is 0 Å². The zero-order chi connectivity index (χ0) is 15.2. The summed E-state index contributed by atoms with van der Waals surface area (Å²) in [5.41, 5.74) is 1.20. The maximum Gasteiger partial charge on any atom is 0.123 e. The van der Waals surface area contributed by atoms with Crippen molar-refractivity contribution in [1.82, 2.24) is 10.2 Å². The molecule has 1 aromatic heterocycles. The molecule has 0 aliphatic rings. The summed E-state index contributed by atoms with van der Waals surface area (Å²) in [7, 11) is 5.97. The van der Waals surface area contributed by atoms with Gasteiger partial charge >= 0.3 is 0 Å². The van der Waals surface area contributed by atoms with Crippen LogP contribution in [0.5, 0.6) is 5.75 Å². The first-order valence-corrected chi connectivity index (χ1v) is 8.07. The maximum absolute atomic E-state index is 5.44. The molecular weight excluding hydrogens is 280 g/mol. The van der Waals surface area contributed by atoms with Crippen LogP contribution < -0.4 is 10.1 Å². The molecule has 0 radical (unpaired) electrons. The molecule has 0 aliphatic heterocycles. The van der Waals surface area contributed by atoms with Gasteiger partial charge in [-0.25, -0.2) is 0 Å². The van der Waals surface area contributed by atoms with E-state index in [1.165, 1.54) is 10.4 Å². The van der Waals surface area contributed by atoms with Crippen molar-refractivity contribution in [2.75, 3.05) is 27.7 Å². The van der Waals surface area contributed by atoms with Crippen LogP contribution in [0.4, 0.5) is 0 Å². The fourth-order valence-corrected chi connectivity index (χ4v) is 3.36. The van der Waals surface area contributed by atoms with Gasteiger partial charge in [-0.05, 0) is 38.5 Å². The number of para-hydroxylation sites is 1. The summed E-state index contributed by atoms with van der Waals surface area (Å²) in [6.45, 7) is 3.09. The zero-order valence-electron chi connectivity index (χ0n) is 13.2. The molecule has 114 valence electrons. The molecule has 2 unspecified atom stereocenters. The molecule has 3 nitrogen and oxygen atoms in total. The van der Waals surface area contributed by atoms with Crippen molar-refractivity contribution >= 4 is 11.3 Å². The smallest absolute Gasteiger partial charge is 0.123 e. The van der Waals surface area contributed by atoms with Crippen LogP contribution in [-0.4, -0.2) is 32.6 Å². The normalized spacial score (nSPS) is 14.1. The van der Waals surface area contributed by atoms with E-state index in [0.717, 1.165) is 12.3 Å². The van der Waals surface area contributed by atoms with Gasteiger partial charge in [0.25, 0.3) is 0 Å². The lowest BCUT2D eigenvalue weighted by molar-refractivity contribution is 0.284. The number of rotatable bonds is 7. The lowest BCUT2D eigenvalue weighted by Crippen LogP contribution is -2.32. The molecular formula is C17H24N2OS. The summed E-state index contributed by atoms with van der Waals surface area (Å²) in [5.74, 6) is 0.940. The van der Waals surface area contributed by atoms with E-state index in [9.17, 15) is 0 Å². The molecule has 0 fully saturated rings. The summed E-state index contributed by atoms with van der Waals surface area (Å²) in [5, 5.41) is 5.76. The van der Waals surface area contributed by atoms with Crippen molar-refractivity contribution in [3.8, 4) is 5.75 Å². The fourth-order valence-electron chi connectivity index (χ4n) is 2.44. The van der Waals surface area contributed by atoms with Crippen LogP contribution in [0.1, 0.15) is 29.4 Å². The Morgan fingerprint density at radius 2 is 1.95 bits per heavy atom. The van der Waals surface area contributed by atoms with E-state index in [-0.39, 0.29) is 6.04 Å². The highest BCUT2D eigenvalue weighted by Gasteiger charge is 2.17. The van der Waals surface area contributed by atoms with Gasteiger partial charge in [-0.1, -0.05) is 24.3 Å². The Hall–Kier alpha value is -1.36. The third-order valence-electron chi connectivity index (χ3n) is 3.72. The summed E-state index contributed by atoms with van der Waals surface area (Å²) in [6.07, 6.45) is 0. The van der Waals surface area contributed by atoms with E-state index in [0.29, 0.717) is 6.04 Å². The van der Waals surface area contributed by atoms with Crippen molar-refractivity contribution in [1.29, 1.82) is 0 Å². The van der Waals surface area contributed by atoms with Crippen molar-refractivity contribution in [2.24, 2.45) is 0 Å². The van der Waals surface area contributed by atoms with Crippen LogP contribution in [0.25, 0.3) is 0 Å². The fraction of sp³-hybridized carbons (Fsp3) is 0.412. The number of thiophene rings is 1. The lowest BCUT2D eigenvalue weighted by Gasteiger charge is -2.26. The Morgan fingerprint density at radius 1 is 1.19 bits per heavy atom. The van der Waals surface area contributed by atoms with Gasteiger partial charge in [-0.15, -0.1) is 11.3 Å². The first-order chi connectivity index (χ1) is 10.1. The zero-order valence-corrected chi connectivity index (χ0v) is 14.0. The minimum atomic E-state index is 0.253. The molecule has 1 aromatic carbocycles. The van der Waals surface area contributed by atoms with Gasteiger partial charge in [0.2, 0.25) is 0 Å². The van der Waals surface area contributed by atoms with Crippen LogP contribution >= 0.6 is 11.3 Å². The van der Waals surface area contributed by atoms with Crippen LogP contribution in [0, 0.1) is 0 Å². The van der Waals surface area contributed by atoms with Crippen LogP contribution in [-0.2, 0) is 0 Å². The number of benzene rings is 1. The third-order valence-corrected chi connectivity index (χ3v) is 4.69. The standard InChI is InChI=1S/C17H24N2OS/c1-13(14-8-5-6-9-16(14)20-4)18-12-15(19(2)3)17-10-7-11-21-17/h5-11,13,15,18H,12H2,1-4H3. The summed E-state index contributed by atoms with van der Waals surface area (Å²) in [4.78, 5) is 3.65. The quantitative estimate of drug-likeness (QED) is 0.844. The highest BCUT2D eigenvalue weighted by molar-refractivity contribution is 7.10. The van der Waals surface area contributed by atoms with E-state index in [2.05, 4.69) is 60.9 Å². The van der Waals surface area contributed by atoms with Gasteiger partial charge in [-0.3, -0.25) is 0 Å². The molecule has 0 amide bonds. The molecule has 0 spiro atoms. The van der Waals surface area contributed by atoms with Crippen molar-refractivity contribution in [3.05, 3.63) is 52.2 Å². The Kier molecular flexibility index (Phi) is 5.79. The van der Waals surface area contributed by atoms with Crippen molar-refractivity contribution < 1.29 is 4.74 Å². The maximum atomic E-state index is 5.44. The van der Waals surface area contributed by atoms with Gasteiger partial charge in [0.1, 0.15) is 5.75 Å². The topological polar surface area (TPSA) is 24.5 Å².